The summed E-state index contributed by atoms with van der Waals surface area (Å²) in [6.45, 7) is 11.2. The number of aryl methyl sites for hydroxylation is 1. The summed E-state index contributed by atoms with van der Waals surface area (Å²) < 4.78 is 0. The predicted octanol–water partition coefficient (Wildman–Crippen LogP) is 3.27. The van der Waals surface area contributed by atoms with Crippen molar-refractivity contribution in [2.75, 3.05) is 18.0 Å². The second-order valence-corrected chi connectivity index (χ2v) is 5.83. The Morgan fingerprint density at radius 1 is 1.28 bits per heavy atom. The van der Waals surface area contributed by atoms with E-state index in [0.29, 0.717) is 12.1 Å². The Morgan fingerprint density at radius 2 is 2.06 bits per heavy atom. The maximum atomic E-state index is 3.67. The van der Waals surface area contributed by atoms with Gasteiger partial charge >= 0.3 is 0 Å². The van der Waals surface area contributed by atoms with Crippen LogP contribution in [0.5, 0.6) is 0 Å². The molecule has 1 fully saturated rings. The number of piperidine rings is 1. The minimum atomic E-state index is 0.577. The number of rotatable bonds is 3. The largest absolute Gasteiger partial charge is 0.370 e. The summed E-state index contributed by atoms with van der Waals surface area (Å²) in [4.78, 5) is 2.55. The Labute approximate surface area is 111 Å². The molecule has 1 aliphatic rings. The summed E-state index contributed by atoms with van der Waals surface area (Å²) in [5.41, 5.74) is 4.25. The summed E-state index contributed by atoms with van der Waals surface area (Å²) in [5, 5.41) is 3.67. The summed E-state index contributed by atoms with van der Waals surface area (Å²) >= 11 is 0. The van der Waals surface area contributed by atoms with Crippen LogP contribution in [0.15, 0.2) is 18.2 Å². The first-order valence-electron chi connectivity index (χ1n) is 7.15. The van der Waals surface area contributed by atoms with Crippen LogP contribution >= 0.6 is 0 Å². The number of hydrogen-bond donors (Lipinski definition) is 1. The number of benzene rings is 1. The van der Waals surface area contributed by atoms with Gasteiger partial charge in [-0.05, 0) is 43.9 Å². The molecule has 2 rings (SSSR count). The molecule has 1 N–H and O–H groups in total. The zero-order valence-corrected chi connectivity index (χ0v) is 12.2. The highest BCUT2D eigenvalue weighted by Gasteiger charge is 2.21. The lowest BCUT2D eigenvalue weighted by molar-refractivity contribution is 0.394. The lowest BCUT2D eigenvalue weighted by atomic mass is 10.0. The van der Waals surface area contributed by atoms with Crippen molar-refractivity contribution in [3.05, 3.63) is 29.3 Å². The first-order chi connectivity index (χ1) is 8.58. The first kappa shape index (κ1) is 13.4. The lowest BCUT2D eigenvalue weighted by Gasteiger charge is -2.36. The van der Waals surface area contributed by atoms with Gasteiger partial charge in [-0.3, -0.25) is 0 Å². The van der Waals surface area contributed by atoms with Gasteiger partial charge in [0.2, 0.25) is 0 Å². The predicted molar refractivity (Wildman–Crippen MR) is 79.4 cm³/mol. The number of anilines is 1. The fraction of sp³-hybridized carbons (Fsp3) is 0.625. The van der Waals surface area contributed by atoms with Gasteiger partial charge in [0.1, 0.15) is 0 Å². The molecule has 2 heteroatoms. The standard InChI is InChI=1S/C16H26N2/c1-12(2)17-15-8-6-10-18(11-15)16-9-5-7-13(3)14(16)4/h5,7,9,12,15,17H,6,8,10-11H2,1-4H3. The highest BCUT2D eigenvalue weighted by atomic mass is 15.2. The summed E-state index contributed by atoms with van der Waals surface area (Å²) in [7, 11) is 0. The van der Waals surface area contributed by atoms with E-state index in [0.717, 1.165) is 6.54 Å². The minimum Gasteiger partial charge on any atom is -0.370 e. The third-order valence-electron chi connectivity index (χ3n) is 3.91. The van der Waals surface area contributed by atoms with Crippen molar-refractivity contribution in [2.45, 2.75) is 52.6 Å². The molecule has 0 aliphatic carbocycles. The van der Waals surface area contributed by atoms with Crippen LogP contribution in [0.1, 0.15) is 37.8 Å². The van der Waals surface area contributed by atoms with Crippen LogP contribution in [0, 0.1) is 13.8 Å². The molecular weight excluding hydrogens is 220 g/mol. The Hall–Kier alpha value is -1.02. The average Bonchev–Trinajstić information content (AvgIpc) is 2.32. The highest BCUT2D eigenvalue weighted by Crippen LogP contribution is 2.25. The molecule has 1 aromatic rings. The van der Waals surface area contributed by atoms with Crippen molar-refractivity contribution >= 4 is 5.69 Å². The molecule has 1 heterocycles. The van der Waals surface area contributed by atoms with Crippen molar-refractivity contribution < 1.29 is 0 Å². The molecule has 0 amide bonds. The first-order valence-corrected chi connectivity index (χ1v) is 7.15. The average molecular weight is 246 g/mol. The van der Waals surface area contributed by atoms with E-state index in [1.54, 1.807) is 0 Å². The third kappa shape index (κ3) is 3.05. The van der Waals surface area contributed by atoms with E-state index < -0.39 is 0 Å². The van der Waals surface area contributed by atoms with Crippen LogP contribution in [0.4, 0.5) is 5.69 Å². The molecule has 1 aliphatic heterocycles. The Bertz CT molecular complexity index is 398. The van der Waals surface area contributed by atoms with Gasteiger partial charge < -0.3 is 10.2 Å². The molecule has 1 aromatic carbocycles. The van der Waals surface area contributed by atoms with Crippen LogP contribution in [-0.2, 0) is 0 Å². The third-order valence-corrected chi connectivity index (χ3v) is 3.91. The molecule has 0 bridgehead atoms. The van der Waals surface area contributed by atoms with Gasteiger partial charge in [0, 0.05) is 30.9 Å². The Balaban J connectivity index is 2.11. The van der Waals surface area contributed by atoms with Gasteiger partial charge in [-0.1, -0.05) is 26.0 Å². The van der Waals surface area contributed by atoms with Crippen molar-refractivity contribution in [2.24, 2.45) is 0 Å². The molecule has 18 heavy (non-hydrogen) atoms. The fourth-order valence-corrected chi connectivity index (χ4v) is 2.88. The molecule has 1 unspecified atom stereocenters. The van der Waals surface area contributed by atoms with E-state index in [1.165, 1.54) is 36.2 Å². The second kappa shape index (κ2) is 5.75. The quantitative estimate of drug-likeness (QED) is 0.880. The van der Waals surface area contributed by atoms with Crippen molar-refractivity contribution in [1.82, 2.24) is 5.32 Å². The zero-order chi connectivity index (χ0) is 13.1. The molecule has 0 spiro atoms. The summed E-state index contributed by atoms with van der Waals surface area (Å²) in [6.07, 6.45) is 2.59. The van der Waals surface area contributed by atoms with Gasteiger partial charge in [0.05, 0.1) is 0 Å². The lowest BCUT2D eigenvalue weighted by Crippen LogP contribution is -2.48. The van der Waals surface area contributed by atoms with Crippen LogP contribution < -0.4 is 10.2 Å². The van der Waals surface area contributed by atoms with E-state index >= 15 is 0 Å². The number of hydrogen-bond acceptors (Lipinski definition) is 2. The number of nitrogens with one attached hydrogen (secondary N) is 1. The van der Waals surface area contributed by atoms with Gasteiger partial charge in [-0.15, -0.1) is 0 Å². The summed E-state index contributed by atoms with van der Waals surface area (Å²) in [5.74, 6) is 0. The Kier molecular flexibility index (Phi) is 4.28. The molecule has 0 saturated carbocycles. The van der Waals surface area contributed by atoms with Crippen LogP contribution in [0.2, 0.25) is 0 Å². The van der Waals surface area contributed by atoms with Gasteiger partial charge in [-0.2, -0.15) is 0 Å². The van der Waals surface area contributed by atoms with E-state index in [9.17, 15) is 0 Å². The van der Waals surface area contributed by atoms with Crippen molar-refractivity contribution in [1.29, 1.82) is 0 Å². The van der Waals surface area contributed by atoms with Gasteiger partial charge in [0.15, 0.2) is 0 Å². The molecule has 100 valence electrons. The smallest absolute Gasteiger partial charge is 0.0399 e. The monoisotopic (exact) mass is 246 g/mol. The highest BCUT2D eigenvalue weighted by molar-refractivity contribution is 5.56. The topological polar surface area (TPSA) is 15.3 Å². The van der Waals surface area contributed by atoms with Crippen LogP contribution in [0.25, 0.3) is 0 Å². The van der Waals surface area contributed by atoms with E-state index in [2.05, 4.69) is 56.1 Å². The van der Waals surface area contributed by atoms with Crippen molar-refractivity contribution in [3.8, 4) is 0 Å². The van der Waals surface area contributed by atoms with E-state index in [4.69, 9.17) is 0 Å². The maximum Gasteiger partial charge on any atom is 0.0399 e. The molecule has 2 nitrogen and oxygen atoms in total. The summed E-state index contributed by atoms with van der Waals surface area (Å²) in [6, 6.07) is 7.86. The second-order valence-electron chi connectivity index (χ2n) is 5.83. The minimum absolute atomic E-state index is 0.577. The Morgan fingerprint density at radius 3 is 2.78 bits per heavy atom. The SMILES string of the molecule is Cc1cccc(N2CCCC(NC(C)C)C2)c1C. The molecule has 1 atom stereocenters. The van der Waals surface area contributed by atoms with Crippen LogP contribution in [-0.4, -0.2) is 25.2 Å². The molecular formula is C16H26N2. The molecule has 0 aromatic heterocycles. The number of nitrogens with zero attached hydrogens (tertiary/aromatic N) is 1. The zero-order valence-electron chi connectivity index (χ0n) is 12.2. The molecule has 1 saturated heterocycles. The fourth-order valence-electron chi connectivity index (χ4n) is 2.88. The van der Waals surface area contributed by atoms with Crippen molar-refractivity contribution in [3.63, 3.8) is 0 Å². The normalized spacial score (nSPS) is 20.5. The van der Waals surface area contributed by atoms with E-state index in [-0.39, 0.29) is 0 Å². The molecule has 0 radical (unpaired) electrons. The van der Waals surface area contributed by atoms with Crippen LogP contribution in [0.3, 0.4) is 0 Å². The maximum absolute atomic E-state index is 3.67. The van der Waals surface area contributed by atoms with E-state index in [1.807, 2.05) is 0 Å². The van der Waals surface area contributed by atoms with Gasteiger partial charge in [0.25, 0.3) is 0 Å². The van der Waals surface area contributed by atoms with Gasteiger partial charge in [-0.25, -0.2) is 0 Å².